The zero-order valence-electron chi connectivity index (χ0n) is 12.0. The van der Waals surface area contributed by atoms with Gasteiger partial charge in [-0.1, -0.05) is 53.0 Å². The Kier molecular flexibility index (Phi) is 5.76. The highest BCUT2D eigenvalue weighted by Gasteiger charge is 2.32. The third-order valence-corrected chi connectivity index (χ3v) is 4.06. The van der Waals surface area contributed by atoms with E-state index in [2.05, 4.69) is 10.1 Å². The van der Waals surface area contributed by atoms with Crippen molar-refractivity contribution in [3.63, 3.8) is 0 Å². The predicted molar refractivity (Wildman–Crippen MR) is 90.2 cm³/mol. The molecule has 132 valence electrons. The molecule has 1 aromatic heterocycles. The normalized spacial score (nSPS) is 11.8. The summed E-state index contributed by atoms with van der Waals surface area (Å²) in [5.41, 5.74) is 5.92. The van der Waals surface area contributed by atoms with Crippen molar-refractivity contribution in [2.45, 2.75) is 6.18 Å². The first-order chi connectivity index (χ1) is 11.6. The Labute approximate surface area is 154 Å². The van der Waals surface area contributed by atoms with Crippen LogP contribution in [0.2, 0.25) is 15.2 Å². The number of anilines is 1. The minimum atomic E-state index is -4.56. The van der Waals surface area contributed by atoms with E-state index in [9.17, 15) is 18.0 Å². The summed E-state index contributed by atoms with van der Waals surface area (Å²) in [7, 11) is 0. The largest absolute Gasteiger partial charge is 0.417 e. The Hall–Kier alpha value is -2.03. The molecule has 0 aliphatic rings. The molecule has 1 heterocycles. The van der Waals surface area contributed by atoms with Gasteiger partial charge in [0.15, 0.2) is 10.8 Å². The van der Waals surface area contributed by atoms with Crippen molar-refractivity contribution >= 4 is 52.6 Å². The molecular formula is C14H8Cl3F3N4O. The second kappa shape index (κ2) is 7.47. The van der Waals surface area contributed by atoms with Gasteiger partial charge in [0.1, 0.15) is 5.02 Å². The van der Waals surface area contributed by atoms with E-state index in [0.717, 1.165) is 12.3 Å². The van der Waals surface area contributed by atoms with Crippen LogP contribution in [0, 0.1) is 0 Å². The van der Waals surface area contributed by atoms with Crippen molar-refractivity contribution in [1.82, 2.24) is 10.4 Å². The minimum Gasteiger partial charge on any atom is -0.396 e. The third-order valence-electron chi connectivity index (χ3n) is 2.92. The van der Waals surface area contributed by atoms with Gasteiger partial charge in [-0.25, -0.2) is 10.4 Å². The number of carbonyl (C=O) groups excluding carboxylic acids is 1. The van der Waals surface area contributed by atoms with Gasteiger partial charge in [-0.2, -0.15) is 18.3 Å². The van der Waals surface area contributed by atoms with Gasteiger partial charge in [0.2, 0.25) is 0 Å². The molecule has 0 saturated carbocycles. The van der Waals surface area contributed by atoms with Crippen molar-refractivity contribution in [2.24, 2.45) is 5.10 Å². The highest BCUT2D eigenvalue weighted by molar-refractivity contribution is 6.46. The molecule has 0 aliphatic carbocycles. The Balaban J connectivity index is 2.23. The van der Waals surface area contributed by atoms with Gasteiger partial charge < -0.3 is 5.73 Å². The Morgan fingerprint density at radius 3 is 2.48 bits per heavy atom. The van der Waals surface area contributed by atoms with Gasteiger partial charge in [-0.15, -0.1) is 0 Å². The molecule has 0 unspecified atom stereocenters. The average molecular weight is 412 g/mol. The molecule has 1 amide bonds. The van der Waals surface area contributed by atoms with Crippen molar-refractivity contribution in [1.29, 1.82) is 0 Å². The first-order valence-corrected chi connectivity index (χ1v) is 7.56. The number of nitrogens with one attached hydrogen (secondary N) is 1. The summed E-state index contributed by atoms with van der Waals surface area (Å²) in [4.78, 5) is 15.7. The number of hydrogen-bond donors (Lipinski definition) is 2. The number of hydrazone groups is 1. The van der Waals surface area contributed by atoms with E-state index >= 15 is 0 Å². The molecule has 25 heavy (non-hydrogen) atoms. The molecule has 0 fully saturated rings. The quantitative estimate of drug-likeness (QED) is 0.446. The molecule has 2 aromatic rings. The second-order valence-electron chi connectivity index (χ2n) is 4.58. The number of nitrogens with zero attached hydrogens (tertiary/aromatic N) is 2. The van der Waals surface area contributed by atoms with Crippen LogP contribution in [0.25, 0.3) is 0 Å². The van der Waals surface area contributed by atoms with E-state index in [0.29, 0.717) is 0 Å². The SMILES string of the molecule is Nc1c(Cl)c(Cl)nc(C(=O)N/N=C/c2ccccc2C(F)(F)F)c1Cl. The van der Waals surface area contributed by atoms with E-state index in [4.69, 9.17) is 40.5 Å². The second-order valence-corrected chi connectivity index (χ2v) is 5.69. The van der Waals surface area contributed by atoms with Crippen LogP contribution in [0.5, 0.6) is 0 Å². The fraction of sp³-hybridized carbons (Fsp3) is 0.0714. The zero-order valence-corrected chi connectivity index (χ0v) is 14.3. The minimum absolute atomic E-state index is 0.120. The molecule has 3 N–H and O–H groups in total. The van der Waals surface area contributed by atoms with E-state index in [-0.39, 0.29) is 32.1 Å². The first-order valence-electron chi connectivity index (χ1n) is 6.42. The summed E-state index contributed by atoms with van der Waals surface area (Å²) in [5, 5.41) is 2.85. The molecule has 2 rings (SSSR count). The number of benzene rings is 1. The fourth-order valence-corrected chi connectivity index (χ4v) is 2.36. The van der Waals surface area contributed by atoms with Crippen molar-refractivity contribution in [3.8, 4) is 0 Å². The number of aromatic nitrogens is 1. The summed E-state index contributed by atoms with van der Waals surface area (Å²) in [5.74, 6) is -0.920. The van der Waals surface area contributed by atoms with E-state index in [1.54, 1.807) is 0 Å². The zero-order chi connectivity index (χ0) is 18.8. The summed E-state index contributed by atoms with van der Waals surface area (Å²) in [6, 6.07) is 4.72. The first kappa shape index (κ1) is 19.3. The highest BCUT2D eigenvalue weighted by atomic mass is 35.5. The lowest BCUT2D eigenvalue weighted by atomic mass is 10.1. The number of halogens is 6. The number of alkyl halides is 3. The van der Waals surface area contributed by atoms with Gasteiger partial charge in [-0.3, -0.25) is 4.79 Å². The standard InChI is InChI=1S/C14H8Cl3F3N4O/c15-8-10(21)9(16)12(17)23-11(8)13(25)24-22-5-6-3-1-2-4-7(6)14(18,19)20/h1-5H,(H2,21,23)(H,24,25)/b22-5+. The van der Waals surface area contributed by atoms with Gasteiger partial charge in [0, 0.05) is 5.56 Å². The molecule has 1 aromatic carbocycles. The molecule has 0 radical (unpaired) electrons. The lowest BCUT2D eigenvalue weighted by molar-refractivity contribution is -0.137. The smallest absolute Gasteiger partial charge is 0.396 e. The Morgan fingerprint density at radius 2 is 1.84 bits per heavy atom. The lowest BCUT2D eigenvalue weighted by Gasteiger charge is -2.09. The summed E-state index contributed by atoms with van der Waals surface area (Å²) < 4.78 is 38.6. The summed E-state index contributed by atoms with van der Waals surface area (Å²) in [6.07, 6.45) is -3.72. The molecule has 0 saturated heterocycles. The number of nitrogens with two attached hydrogens (primary N) is 1. The average Bonchev–Trinajstić information content (AvgIpc) is 2.55. The predicted octanol–water partition coefficient (Wildman–Crippen LogP) is 4.41. The fourth-order valence-electron chi connectivity index (χ4n) is 1.76. The van der Waals surface area contributed by atoms with Crippen molar-refractivity contribution in [2.75, 3.05) is 5.73 Å². The van der Waals surface area contributed by atoms with Gasteiger partial charge in [0.05, 0.1) is 22.5 Å². The van der Waals surface area contributed by atoms with Crippen LogP contribution in [0.4, 0.5) is 18.9 Å². The van der Waals surface area contributed by atoms with E-state index in [1.807, 2.05) is 5.43 Å². The molecule has 0 spiro atoms. The summed E-state index contributed by atoms with van der Waals surface area (Å²) in [6.45, 7) is 0. The van der Waals surface area contributed by atoms with Crippen molar-refractivity contribution < 1.29 is 18.0 Å². The molecule has 0 bridgehead atoms. The maximum Gasteiger partial charge on any atom is 0.417 e. The number of amides is 1. The number of pyridine rings is 1. The highest BCUT2D eigenvalue weighted by Crippen LogP contribution is 2.34. The molecule has 0 aliphatic heterocycles. The molecule has 11 heteroatoms. The Bertz CT molecular complexity index is 856. The van der Waals surface area contributed by atoms with Gasteiger partial charge >= 0.3 is 6.18 Å². The van der Waals surface area contributed by atoms with Crippen LogP contribution < -0.4 is 11.2 Å². The number of rotatable bonds is 3. The van der Waals surface area contributed by atoms with Crippen LogP contribution >= 0.6 is 34.8 Å². The van der Waals surface area contributed by atoms with E-state index < -0.39 is 17.6 Å². The summed E-state index contributed by atoms with van der Waals surface area (Å²) >= 11 is 17.3. The molecular weight excluding hydrogens is 404 g/mol. The third kappa shape index (κ3) is 4.33. The maximum atomic E-state index is 12.9. The number of hydrogen-bond acceptors (Lipinski definition) is 4. The number of nitrogen functional groups attached to an aromatic ring is 1. The van der Waals surface area contributed by atoms with Gasteiger partial charge in [0.25, 0.3) is 5.91 Å². The topological polar surface area (TPSA) is 80.4 Å². The van der Waals surface area contributed by atoms with Crippen LogP contribution in [-0.4, -0.2) is 17.1 Å². The Morgan fingerprint density at radius 1 is 1.20 bits per heavy atom. The monoisotopic (exact) mass is 410 g/mol. The van der Waals surface area contributed by atoms with Crippen LogP contribution in [0.1, 0.15) is 21.6 Å². The molecule has 0 atom stereocenters. The maximum absolute atomic E-state index is 12.9. The lowest BCUT2D eigenvalue weighted by Crippen LogP contribution is -2.20. The van der Waals surface area contributed by atoms with Crippen LogP contribution in [0.3, 0.4) is 0 Å². The van der Waals surface area contributed by atoms with Crippen LogP contribution in [0.15, 0.2) is 29.4 Å². The van der Waals surface area contributed by atoms with E-state index in [1.165, 1.54) is 18.2 Å². The van der Waals surface area contributed by atoms with Crippen LogP contribution in [-0.2, 0) is 6.18 Å². The van der Waals surface area contributed by atoms with Crippen molar-refractivity contribution in [3.05, 3.63) is 56.3 Å². The van der Waals surface area contributed by atoms with Gasteiger partial charge in [-0.05, 0) is 6.07 Å². The molecule has 5 nitrogen and oxygen atoms in total. The number of carbonyl (C=O) groups is 1.